The number of nitrogens with one attached hydrogen (secondary N) is 1. The average Bonchev–Trinajstić information content (AvgIpc) is 2.35. The number of sulfonamides is 1. The summed E-state index contributed by atoms with van der Waals surface area (Å²) in [5.74, 6) is -1.65. The second-order valence-electron chi connectivity index (χ2n) is 4.29. The van der Waals surface area contributed by atoms with E-state index in [0.717, 1.165) is 17.7 Å². The topological polar surface area (TPSA) is 46.2 Å². The van der Waals surface area contributed by atoms with Crippen LogP contribution in [0.5, 0.6) is 0 Å². The summed E-state index contributed by atoms with van der Waals surface area (Å²) >= 11 is 5.97. The third-order valence-corrected chi connectivity index (χ3v) is 5.58. The molecule has 0 fully saturated rings. The van der Waals surface area contributed by atoms with Gasteiger partial charge in [0.2, 0.25) is 0 Å². The fraction of sp³-hybridized carbons (Fsp3) is 0.0769. The van der Waals surface area contributed by atoms with Crippen molar-refractivity contribution in [2.45, 2.75) is 11.8 Å². The summed E-state index contributed by atoms with van der Waals surface area (Å²) in [5.41, 5.74) is 0.407. The van der Waals surface area contributed by atoms with E-state index < -0.39 is 27.3 Å². The number of anilines is 1. The number of rotatable bonds is 3. The molecule has 0 spiro atoms. The van der Waals surface area contributed by atoms with E-state index in [2.05, 4.69) is 31.9 Å². The highest BCUT2D eigenvalue weighted by Gasteiger charge is 2.20. The molecule has 0 aliphatic heterocycles. The van der Waals surface area contributed by atoms with E-state index in [9.17, 15) is 17.2 Å². The first kappa shape index (κ1) is 16.4. The molecular weight excluding hydrogens is 432 g/mol. The van der Waals surface area contributed by atoms with E-state index in [1.54, 1.807) is 19.1 Å². The molecule has 3 nitrogen and oxygen atoms in total. The van der Waals surface area contributed by atoms with E-state index in [-0.39, 0.29) is 9.37 Å². The van der Waals surface area contributed by atoms with E-state index in [4.69, 9.17) is 0 Å². The quantitative estimate of drug-likeness (QED) is 0.709. The largest absolute Gasteiger partial charge is 0.277 e. The highest BCUT2D eigenvalue weighted by atomic mass is 79.9. The Bertz CT molecular complexity index is 810. The summed E-state index contributed by atoms with van der Waals surface area (Å²) in [7, 11) is -4.03. The number of hydrogen-bond acceptors (Lipinski definition) is 2. The van der Waals surface area contributed by atoms with Crippen molar-refractivity contribution in [3.63, 3.8) is 0 Å². The lowest BCUT2D eigenvalue weighted by Crippen LogP contribution is -2.15. The minimum atomic E-state index is -4.03. The van der Waals surface area contributed by atoms with Crippen molar-refractivity contribution in [2.24, 2.45) is 0 Å². The van der Waals surface area contributed by atoms with Crippen LogP contribution in [0.15, 0.2) is 44.2 Å². The van der Waals surface area contributed by atoms with E-state index >= 15 is 0 Å². The van der Waals surface area contributed by atoms with Crippen LogP contribution in [0.4, 0.5) is 14.5 Å². The zero-order valence-electron chi connectivity index (χ0n) is 10.6. The first-order valence-electron chi connectivity index (χ1n) is 5.64. The molecular formula is C13H9Br2F2NO2S. The first-order valence-corrected chi connectivity index (χ1v) is 8.71. The molecule has 0 atom stereocenters. The van der Waals surface area contributed by atoms with Gasteiger partial charge in [0.15, 0.2) is 0 Å². The Morgan fingerprint density at radius 2 is 1.67 bits per heavy atom. The molecule has 2 aromatic carbocycles. The Hall–Kier alpha value is -0.990. The van der Waals surface area contributed by atoms with Gasteiger partial charge in [0, 0.05) is 10.5 Å². The molecule has 0 heterocycles. The van der Waals surface area contributed by atoms with Crippen LogP contribution in [0.1, 0.15) is 5.56 Å². The molecule has 112 valence electrons. The number of benzene rings is 2. The zero-order valence-corrected chi connectivity index (χ0v) is 14.6. The number of hydrogen-bond donors (Lipinski definition) is 1. The van der Waals surface area contributed by atoms with Crippen LogP contribution in [0.25, 0.3) is 0 Å². The molecule has 2 aromatic rings. The molecule has 0 aliphatic carbocycles. The fourth-order valence-corrected chi connectivity index (χ4v) is 4.19. The minimum Gasteiger partial charge on any atom is -0.277 e. The van der Waals surface area contributed by atoms with Crippen LogP contribution in [0.3, 0.4) is 0 Å². The molecule has 0 aliphatic rings. The molecule has 0 radical (unpaired) electrons. The van der Waals surface area contributed by atoms with E-state index in [1.807, 2.05) is 4.72 Å². The average molecular weight is 441 g/mol. The number of aryl methyl sites for hydroxylation is 1. The highest BCUT2D eigenvalue weighted by molar-refractivity contribution is 9.10. The van der Waals surface area contributed by atoms with Gasteiger partial charge in [-0.2, -0.15) is 0 Å². The molecule has 0 unspecified atom stereocenters. The Morgan fingerprint density at radius 1 is 1.00 bits per heavy atom. The second kappa shape index (κ2) is 6.02. The monoisotopic (exact) mass is 439 g/mol. The van der Waals surface area contributed by atoms with Crippen LogP contribution >= 0.6 is 31.9 Å². The lowest BCUT2D eigenvalue weighted by Gasteiger charge is -2.11. The third kappa shape index (κ3) is 3.61. The van der Waals surface area contributed by atoms with Crippen molar-refractivity contribution in [1.82, 2.24) is 0 Å². The van der Waals surface area contributed by atoms with Crippen molar-refractivity contribution in [1.29, 1.82) is 0 Å². The molecule has 0 amide bonds. The molecule has 21 heavy (non-hydrogen) atoms. The third-order valence-electron chi connectivity index (χ3n) is 2.63. The predicted molar refractivity (Wildman–Crippen MR) is 83.7 cm³/mol. The van der Waals surface area contributed by atoms with Gasteiger partial charge >= 0.3 is 0 Å². The van der Waals surface area contributed by atoms with Gasteiger partial charge in [-0.25, -0.2) is 17.2 Å². The fourth-order valence-electron chi connectivity index (χ4n) is 1.62. The Kier molecular flexibility index (Phi) is 4.69. The summed E-state index contributed by atoms with van der Waals surface area (Å²) in [4.78, 5) is -0.0594. The Labute approximate surface area is 137 Å². The van der Waals surface area contributed by atoms with Crippen LogP contribution in [-0.4, -0.2) is 8.42 Å². The normalized spacial score (nSPS) is 11.5. The van der Waals surface area contributed by atoms with Crippen LogP contribution in [-0.2, 0) is 10.0 Å². The Balaban J connectivity index is 2.45. The molecule has 0 bridgehead atoms. The Morgan fingerprint density at radius 3 is 2.29 bits per heavy atom. The minimum absolute atomic E-state index is 0.0594. The van der Waals surface area contributed by atoms with Crippen LogP contribution < -0.4 is 4.72 Å². The van der Waals surface area contributed by atoms with Crippen LogP contribution in [0, 0.1) is 18.6 Å². The van der Waals surface area contributed by atoms with Gasteiger partial charge in [0.1, 0.15) is 16.5 Å². The summed E-state index contributed by atoms with van der Waals surface area (Å²) in [6.07, 6.45) is 0. The molecule has 0 saturated carbocycles. The lowest BCUT2D eigenvalue weighted by molar-refractivity contribution is 0.591. The van der Waals surface area contributed by atoms with Gasteiger partial charge in [-0.3, -0.25) is 4.72 Å². The molecule has 0 saturated heterocycles. The second-order valence-corrected chi connectivity index (χ2v) is 7.65. The summed E-state index contributed by atoms with van der Waals surface area (Å²) in [6.45, 7) is 1.80. The van der Waals surface area contributed by atoms with Gasteiger partial charge in [-0.1, -0.05) is 6.07 Å². The molecule has 8 heteroatoms. The standard InChI is InChI=1S/C13H9Br2F2NO2S/c1-7-2-3-13(9(15)4-7)21(19,20)18-12-6-10(16)8(14)5-11(12)17/h2-6,18H,1H3. The molecule has 2 rings (SSSR count). The summed E-state index contributed by atoms with van der Waals surface area (Å²) in [5, 5.41) is 0. The van der Waals surface area contributed by atoms with Crippen molar-refractivity contribution in [2.75, 3.05) is 4.72 Å². The smallest absolute Gasteiger partial charge is 0.263 e. The van der Waals surface area contributed by atoms with Gasteiger partial charge in [-0.05, 0) is 62.5 Å². The molecule has 1 N–H and O–H groups in total. The van der Waals surface area contributed by atoms with Crippen molar-refractivity contribution >= 4 is 47.6 Å². The van der Waals surface area contributed by atoms with Crippen LogP contribution in [0.2, 0.25) is 0 Å². The van der Waals surface area contributed by atoms with Gasteiger partial charge in [0.05, 0.1) is 10.2 Å². The lowest BCUT2D eigenvalue weighted by atomic mass is 10.2. The maximum atomic E-state index is 13.7. The van der Waals surface area contributed by atoms with Gasteiger partial charge in [0.25, 0.3) is 10.0 Å². The maximum Gasteiger partial charge on any atom is 0.263 e. The zero-order chi connectivity index (χ0) is 15.8. The van der Waals surface area contributed by atoms with E-state index in [1.165, 1.54) is 6.07 Å². The maximum absolute atomic E-state index is 13.7. The predicted octanol–water partition coefficient (Wildman–Crippen LogP) is 4.60. The summed E-state index contributed by atoms with van der Waals surface area (Å²) in [6, 6.07) is 6.25. The summed E-state index contributed by atoms with van der Waals surface area (Å²) < 4.78 is 53.9. The molecule has 0 aromatic heterocycles. The van der Waals surface area contributed by atoms with Gasteiger partial charge in [-0.15, -0.1) is 0 Å². The first-order chi connectivity index (χ1) is 9.70. The van der Waals surface area contributed by atoms with Crippen molar-refractivity contribution in [3.8, 4) is 0 Å². The van der Waals surface area contributed by atoms with Gasteiger partial charge < -0.3 is 0 Å². The van der Waals surface area contributed by atoms with Crippen molar-refractivity contribution < 1.29 is 17.2 Å². The number of halogens is 4. The highest BCUT2D eigenvalue weighted by Crippen LogP contribution is 2.28. The SMILES string of the molecule is Cc1ccc(S(=O)(=O)Nc2cc(F)c(Br)cc2F)c(Br)c1. The van der Waals surface area contributed by atoms with E-state index in [0.29, 0.717) is 4.47 Å². The van der Waals surface area contributed by atoms with Crippen molar-refractivity contribution in [3.05, 3.63) is 56.5 Å².